The summed E-state index contributed by atoms with van der Waals surface area (Å²) in [6, 6.07) is 7.51. The van der Waals surface area contributed by atoms with E-state index in [1.807, 2.05) is 24.4 Å². The van der Waals surface area contributed by atoms with Crippen LogP contribution in [0.25, 0.3) is 0 Å². The number of rotatable bonds is 4. The number of para-hydroxylation sites is 2. The second-order valence-electron chi connectivity index (χ2n) is 14.3. The van der Waals surface area contributed by atoms with Gasteiger partial charge in [0, 0.05) is 51.4 Å². The van der Waals surface area contributed by atoms with Crippen molar-refractivity contribution in [2.45, 2.75) is 81.5 Å². The molecule has 0 bridgehead atoms. The van der Waals surface area contributed by atoms with E-state index in [0.29, 0.717) is 51.2 Å². The molecule has 45 heavy (non-hydrogen) atoms. The molecule has 0 aromatic heterocycles. The van der Waals surface area contributed by atoms with Crippen LogP contribution in [0, 0.1) is 17.8 Å². The second kappa shape index (κ2) is 12.2. The Morgan fingerprint density at radius 1 is 0.933 bits per heavy atom. The Labute approximate surface area is 265 Å². The van der Waals surface area contributed by atoms with Gasteiger partial charge in [-0.15, -0.1) is 0 Å². The van der Waals surface area contributed by atoms with Crippen molar-refractivity contribution in [3.05, 3.63) is 36.0 Å². The summed E-state index contributed by atoms with van der Waals surface area (Å²) in [4.78, 5) is 36.6. The zero-order valence-electron chi connectivity index (χ0n) is 26.4. The summed E-state index contributed by atoms with van der Waals surface area (Å²) in [5, 5.41) is 0. The molecule has 8 rings (SSSR count). The van der Waals surface area contributed by atoms with E-state index in [-0.39, 0.29) is 41.9 Å². The molecule has 3 saturated carbocycles. The first kappa shape index (κ1) is 29.7. The van der Waals surface area contributed by atoms with Gasteiger partial charge in [0.15, 0.2) is 5.78 Å². The van der Waals surface area contributed by atoms with E-state index in [4.69, 9.17) is 14.2 Å². The van der Waals surface area contributed by atoms with Gasteiger partial charge in [0.2, 0.25) is 0 Å². The molecule has 9 unspecified atom stereocenters. The molecule has 1 aromatic carbocycles. The summed E-state index contributed by atoms with van der Waals surface area (Å²) in [5.74, 6) is 1.14. The van der Waals surface area contributed by atoms with Crippen LogP contribution in [0.3, 0.4) is 0 Å². The first-order valence-electron chi connectivity index (χ1n) is 17.3. The van der Waals surface area contributed by atoms with Crippen LogP contribution >= 0.6 is 0 Å². The summed E-state index contributed by atoms with van der Waals surface area (Å²) in [7, 11) is 1.70. The van der Waals surface area contributed by atoms with Crippen LogP contribution in [0.4, 0.5) is 10.1 Å². The Kier molecular flexibility index (Phi) is 8.02. The Hall–Kier alpha value is -2.69. The molecule has 10 heteroatoms. The number of Topliss-reactive ketones (excluding diaryl/α,β-unsaturated/α-hetero) is 1. The van der Waals surface area contributed by atoms with Gasteiger partial charge in [-0.2, -0.15) is 0 Å². The van der Waals surface area contributed by atoms with Gasteiger partial charge < -0.3 is 28.9 Å². The van der Waals surface area contributed by atoms with Crippen molar-refractivity contribution in [1.82, 2.24) is 14.7 Å². The highest BCUT2D eigenvalue weighted by atomic mass is 19.1. The second-order valence-corrected chi connectivity index (χ2v) is 14.3. The average Bonchev–Trinajstić information content (AvgIpc) is 3.08. The fraction of sp³-hybridized carbons (Fsp3) is 0.714. The van der Waals surface area contributed by atoms with E-state index in [0.717, 1.165) is 37.4 Å². The number of nitrogens with zero attached hydrogens (tertiary/aromatic N) is 4. The zero-order valence-corrected chi connectivity index (χ0v) is 26.4. The van der Waals surface area contributed by atoms with E-state index in [9.17, 15) is 9.59 Å². The van der Waals surface area contributed by atoms with E-state index in [2.05, 4.69) is 20.8 Å². The molecule has 6 fully saturated rings. The molecule has 9 atom stereocenters. The van der Waals surface area contributed by atoms with Gasteiger partial charge in [-0.3, -0.25) is 14.5 Å². The molecule has 9 nitrogen and oxygen atoms in total. The number of ketones is 1. The highest BCUT2D eigenvalue weighted by Crippen LogP contribution is 2.51. The zero-order chi connectivity index (χ0) is 30.7. The highest BCUT2D eigenvalue weighted by molar-refractivity contribution is 6.20. The Morgan fingerprint density at radius 2 is 1.67 bits per heavy atom. The lowest BCUT2D eigenvalue weighted by Gasteiger charge is -2.62. The Balaban J connectivity index is 1.09. The maximum Gasteiger partial charge on any atom is 0.259 e. The molecule has 7 aliphatic rings. The number of hydrogen-bond donors (Lipinski definition) is 0. The van der Waals surface area contributed by atoms with Crippen LogP contribution < -0.4 is 9.64 Å². The van der Waals surface area contributed by atoms with E-state index in [1.165, 1.54) is 25.7 Å². The lowest BCUT2D eigenvalue weighted by molar-refractivity contribution is -0.221. The number of halogens is 1. The number of carbonyl (C=O) groups excluding carboxylic acids is 2. The molecular weight excluding hydrogens is 575 g/mol. The van der Waals surface area contributed by atoms with Crippen LogP contribution in [0.5, 0.6) is 5.75 Å². The SMILES string of the molecule is COc1ccccc1N1CCN(C2C(F)CC3C(=O)C(C(=O)N4CCOCC4)=CN4C5CC6CCCCC6CC5OC2C34)CC1. The smallest absolute Gasteiger partial charge is 0.259 e. The number of fused-ring (bicyclic) bond motifs is 3. The minimum absolute atomic E-state index is 0.0156. The number of morpholine rings is 2. The maximum absolute atomic E-state index is 16.6. The van der Waals surface area contributed by atoms with Gasteiger partial charge in [-0.05, 0) is 43.2 Å². The molecular formula is C35H47FN4O5. The molecule has 3 aliphatic carbocycles. The van der Waals surface area contributed by atoms with Crippen LogP contribution in [0.1, 0.15) is 44.9 Å². The number of methoxy groups -OCH3 is 1. The maximum atomic E-state index is 16.6. The number of benzene rings is 1. The first-order valence-corrected chi connectivity index (χ1v) is 17.3. The van der Waals surface area contributed by atoms with Crippen LogP contribution in [0.15, 0.2) is 36.0 Å². The van der Waals surface area contributed by atoms with Gasteiger partial charge in [0.1, 0.15) is 11.9 Å². The van der Waals surface area contributed by atoms with Gasteiger partial charge in [0.05, 0.1) is 61.9 Å². The Morgan fingerprint density at radius 3 is 2.42 bits per heavy atom. The van der Waals surface area contributed by atoms with Gasteiger partial charge in [-0.25, -0.2) is 4.39 Å². The van der Waals surface area contributed by atoms with Crippen molar-refractivity contribution in [3.63, 3.8) is 0 Å². The molecule has 4 heterocycles. The molecule has 0 N–H and O–H groups in total. The minimum atomic E-state index is -1.21. The third-order valence-corrected chi connectivity index (χ3v) is 12.1. The molecule has 4 aliphatic heterocycles. The summed E-state index contributed by atoms with van der Waals surface area (Å²) in [5.41, 5.74) is 1.30. The van der Waals surface area contributed by atoms with Crippen molar-refractivity contribution in [3.8, 4) is 5.75 Å². The number of amides is 1. The molecule has 0 spiro atoms. The lowest BCUT2D eigenvalue weighted by atomic mass is 9.64. The van der Waals surface area contributed by atoms with Gasteiger partial charge in [-0.1, -0.05) is 37.8 Å². The van der Waals surface area contributed by atoms with Crippen molar-refractivity contribution >= 4 is 17.4 Å². The van der Waals surface area contributed by atoms with Crippen molar-refractivity contribution in [2.24, 2.45) is 17.8 Å². The summed E-state index contributed by atoms with van der Waals surface area (Å²) in [6.07, 6.45) is 7.43. The third kappa shape index (κ3) is 5.15. The standard InChI is InChI=1S/C35H47FN4O5/c1-43-29-9-5-4-8-27(29)37-10-12-38(13-11-37)32-26(36)20-24-31-34(32)45-30-19-23-7-3-2-6-22(23)18-28(30)40(31)21-25(33(24)41)35(42)39-14-16-44-17-15-39/h4-5,8-9,21-24,26,28,30-32,34H,2-3,6-7,10-20H2,1H3. The average molecular weight is 623 g/mol. The topological polar surface area (TPSA) is 74.8 Å². The summed E-state index contributed by atoms with van der Waals surface area (Å²) >= 11 is 0. The fourth-order valence-electron chi connectivity index (χ4n) is 9.94. The number of alkyl halides is 1. The fourth-order valence-corrected chi connectivity index (χ4v) is 9.94. The van der Waals surface area contributed by atoms with Crippen molar-refractivity contribution < 1.29 is 28.2 Å². The lowest BCUT2D eigenvalue weighted by Crippen LogP contribution is -2.74. The monoisotopic (exact) mass is 622 g/mol. The number of anilines is 1. The quantitative estimate of drug-likeness (QED) is 0.474. The molecule has 3 saturated heterocycles. The number of carbonyl (C=O) groups is 2. The molecule has 0 radical (unpaired) electrons. The first-order chi connectivity index (χ1) is 22.0. The number of ether oxygens (including phenoxy) is 3. The number of piperazine rings is 1. The van der Waals surface area contributed by atoms with Crippen molar-refractivity contribution in [2.75, 3.05) is 64.5 Å². The summed E-state index contributed by atoms with van der Waals surface area (Å²) < 4.78 is 34.8. The molecule has 1 amide bonds. The molecule has 1 aromatic rings. The number of hydrogen-bond acceptors (Lipinski definition) is 8. The third-order valence-electron chi connectivity index (χ3n) is 12.1. The van der Waals surface area contributed by atoms with E-state index < -0.39 is 24.2 Å². The largest absolute Gasteiger partial charge is 0.495 e. The van der Waals surface area contributed by atoms with Crippen LogP contribution in [-0.2, 0) is 19.1 Å². The normalized spacial score (nSPS) is 38.5. The minimum Gasteiger partial charge on any atom is -0.495 e. The predicted octanol–water partition coefficient (Wildman–Crippen LogP) is 3.28. The van der Waals surface area contributed by atoms with E-state index in [1.54, 1.807) is 12.0 Å². The summed E-state index contributed by atoms with van der Waals surface area (Å²) in [6.45, 7) is 4.87. The van der Waals surface area contributed by atoms with E-state index >= 15 is 4.39 Å². The van der Waals surface area contributed by atoms with Gasteiger partial charge in [0.25, 0.3) is 5.91 Å². The molecule has 244 valence electrons. The van der Waals surface area contributed by atoms with Crippen LogP contribution in [0.2, 0.25) is 0 Å². The highest BCUT2D eigenvalue weighted by Gasteiger charge is 2.61. The van der Waals surface area contributed by atoms with Gasteiger partial charge >= 0.3 is 0 Å². The predicted molar refractivity (Wildman–Crippen MR) is 167 cm³/mol. The van der Waals surface area contributed by atoms with Crippen molar-refractivity contribution in [1.29, 1.82) is 0 Å². The Bertz CT molecular complexity index is 1310. The van der Waals surface area contributed by atoms with Crippen LogP contribution in [-0.4, -0.2) is 122 Å².